The van der Waals surface area contributed by atoms with Crippen molar-refractivity contribution in [3.63, 3.8) is 0 Å². The molecule has 1 aliphatic heterocycles. The van der Waals surface area contributed by atoms with Gasteiger partial charge in [-0.15, -0.1) is 0 Å². The van der Waals surface area contributed by atoms with E-state index in [1.54, 1.807) is 0 Å². The number of carboxylic acids is 1. The molecule has 0 radical (unpaired) electrons. The summed E-state index contributed by atoms with van der Waals surface area (Å²) in [7, 11) is 0. The van der Waals surface area contributed by atoms with E-state index in [1.165, 1.54) is 44.9 Å². The largest absolute Gasteiger partial charge is 0.481 e. The van der Waals surface area contributed by atoms with Crippen LogP contribution in [0.5, 0.6) is 0 Å². The number of hydrogen-bond donors (Lipinski definition) is 1. The van der Waals surface area contributed by atoms with E-state index in [1.807, 2.05) is 28.8 Å². The third-order valence-corrected chi connectivity index (χ3v) is 8.69. The van der Waals surface area contributed by atoms with E-state index in [-0.39, 0.29) is 23.4 Å². The minimum Gasteiger partial charge on any atom is -0.481 e. The molecule has 6 heteroatoms. The van der Waals surface area contributed by atoms with Gasteiger partial charge in [0, 0.05) is 25.2 Å². The molecule has 2 atom stereocenters. The van der Waals surface area contributed by atoms with Gasteiger partial charge in [-0.25, -0.2) is 4.98 Å². The molecule has 34 heavy (non-hydrogen) atoms. The van der Waals surface area contributed by atoms with Crippen LogP contribution in [0.4, 0.5) is 0 Å². The average molecular weight is 466 g/mol. The van der Waals surface area contributed by atoms with Crippen molar-refractivity contribution in [3.8, 4) is 0 Å². The Morgan fingerprint density at radius 1 is 0.912 bits per heavy atom. The van der Waals surface area contributed by atoms with Gasteiger partial charge in [-0.3, -0.25) is 9.59 Å². The van der Waals surface area contributed by atoms with Gasteiger partial charge in [-0.1, -0.05) is 44.2 Å². The molecule has 2 aliphatic carbocycles. The normalized spacial score (nSPS) is 25.9. The molecule has 1 aromatic carbocycles. The first-order valence-electron chi connectivity index (χ1n) is 13.6. The second-order valence-electron chi connectivity index (χ2n) is 10.9. The predicted molar refractivity (Wildman–Crippen MR) is 134 cm³/mol. The summed E-state index contributed by atoms with van der Waals surface area (Å²) in [5, 5.41) is 9.37. The summed E-state index contributed by atoms with van der Waals surface area (Å²) in [6.07, 6.45) is 14.3. The SMILES string of the molecule is O=C(O)[C@H]1CC[C@@H](Cc2nc3ccccc3n(C3CCN(C4CCCCCCC4)CC3)c2=O)C1. The maximum atomic E-state index is 13.7. The number of nitrogens with zero attached hydrogens (tertiary/aromatic N) is 3. The fraction of sp³-hybridized carbons (Fsp3) is 0.679. The molecular weight excluding hydrogens is 426 g/mol. The molecule has 1 aromatic heterocycles. The molecule has 3 aliphatic rings. The quantitative estimate of drug-likeness (QED) is 0.658. The monoisotopic (exact) mass is 465 g/mol. The Labute approximate surface area is 202 Å². The van der Waals surface area contributed by atoms with Crippen molar-refractivity contribution in [1.82, 2.24) is 14.5 Å². The molecule has 2 aromatic rings. The number of fused-ring (bicyclic) bond motifs is 1. The summed E-state index contributed by atoms with van der Waals surface area (Å²) in [5.74, 6) is -0.746. The van der Waals surface area contributed by atoms with Gasteiger partial charge in [0.05, 0.1) is 17.0 Å². The Bertz CT molecular complexity index is 1050. The molecule has 1 N–H and O–H groups in total. The standard InChI is InChI=1S/C28H39N3O3/c32-27-25(19-20-12-13-21(18-20)28(33)34)29-24-10-6-7-11-26(24)31(27)23-14-16-30(17-15-23)22-8-4-2-1-3-5-9-22/h6-7,10-11,20-23H,1-5,8-9,12-19H2,(H,33,34)/t20-,21+/m1/s1. The molecule has 3 fully saturated rings. The Balaban J connectivity index is 1.35. The molecule has 0 spiro atoms. The Kier molecular flexibility index (Phi) is 7.33. The van der Waals surface area contributed by atoms with Crippen LogP contribution in [0.25, 0.3) is 11.0 Å². The van der Waals surface area contributed by atoms with Crippen molar-refractivity contribution < 1.29 is 9.90 Å². The number of aliphatic carboxylic acids is 1. The summed E-state index contributed by atoms with van der Waals surface area (Å²) in [5.41, 5.74) is 2.49. The average Bonchev–Trinajstić information content (AvgIpc) is 3.29. The number of benzene rings is 1. The molecule has 184 valence electrons. The van der Waals surface area contributed by atoms with Gasteiger partial charge in [0.2, 0.25) is 0 Å². The Hall–Kier alpha value is -2.21. The summed E-state index contributed by atoms with van der Waals surface area (Å²) in [6, 6.07) is 8.95. The zero-order valence-electron chi connectivity index (χ0n) is 20.3. The molecule has 2 heterocycles. The van der Waals surface area contributed by atoms with Gasteiger partial charge in [-0.2, -0.15) is 0 Å². The van der Waals surface area contributed by atoms with Crippen molar-refractivity contribution in [2.45, 2.75) is 95.6 Å². The number of likely N-dealkylation sites (tertiary alicyclic amines) is 1. The molecule has 6 nitrogen and oxygen atoms in total. The van der Waals surface area contributed by atoms with E-state index >= 15 is 0 Å². The van der Waals surface area contributed by atoms with Crippen molar-refractivity contribution in [1.29, 1.82) is 0 Å². The van der Waals surface area contributed by atoms with Gasteiger partial charge in [0.15, 0.2) is 0 Å². The van der Waals surface area contributed by atoms with Gasteiger partial charge < -0.3 is 14.6 Å². The lowest BCUT2D eigenvalue weighted by Crippen LogP contribution is -2.44. The second kappa shape index (κ2) is 10.6. The van der Waals surface area contributed by atoms with E-state index in [2.05, 4.69) is 4.90 Å². The van der Waals surface area contributed by atoms with E-state index in [0.717, 1.165) is 43.4 Å². The van der Waals surface area contributed by atoms with Gasteiger partial charge >= 0.3 is 5.97 Å². The topological polar surface area (TPSA) is 75.4 Å². The summed E-state index contributed by atoms with van der Waals surface area (Å²) in [4.78, 5) is 32.6. The van der Waals surface area contributed by atoms with Crippen LogP contribution in [0, 0.1) is 11.8 Å². The van der Waals surface area contributed by atoms with Crippen molar-refractivity contribution in [2.24, 2.45) is 11.8 Å². The fourth-order valence-corrected chi connectivity index (χ4v) is 6.77. The first-order chi connectivity index (χ1) is 16.6. The third-order valence-electron chi connectivity index (χ3n) is 8.69. The Morgan fingerprint density at radius 2 is 1.62 bits per heavy atom. The van der Waals surface area contributed by atoms with Crippen LogP contribution < -0.4 is 5.56 Å². The van der Waals surface area contributed by atoms with Crippen LogP contribution in [0.15, 0.2) is 29.1 Å². The lowest BCUT2D eigenvalue weighted by atomic mass is 9.93. The van der Waals surface area contributed by atoms with Crippen molar-refractivity contribution in [2.75, 3.05) is 13.1 Å². The van der Waals surface area contributed by atoms with Crippen LogP contribution in [-0.4, -0.2) is 44.7 Å². The van der Waals surface area contributed by atoms with Gasteiger partial charge in [0.25, 0.3) is 5.56 Å². The number of carboxylic acid groups (broad SMARTS) is 1. The van der Waals surface area contributed by atoms with Crippen LogP contribution in [0.2, 0.25) is 0 Å². The lowest BCUT2D eigenvalue weighted by Gasteiger charge is -2.39. The second-order valence-corrected chi connectivity index (χ2v) is 10.9. The summed E-state index contributed by atoms with van der Waals surface area (Å²) >= 11 is 0. The maximum absolute atomic E-state index is 13.7. The van der Waals surface area contributed by atoms with Gasteiger partial charge in [-0.05, 0) is 69.4 Å². The zero-order valence-corrected chi connectivity index (χ0v) is 20.3. The highest BCUT2D eigenvalue weighted by Gasteiger charge is 2.32. The number of carbonyl (C=O) groups is 1. The predicted octanol–water partition coefficient (Wildman–Crippen LogP) is 5.19. The molecule has 0 unspecified atom stereocenters. The number of rotatable bonds is 5. The summed E-state index contributed by atoms with van der Waals surface area (Å²) in [6.45, 7) is 2.13. The van der Waals surface area contributed by atoms with Crippen LogP contribution >= 0.6 is 0 Å². The summed E-state index contributed by atoms with van der Waals surface area (Å²) < 4.78 is 2.04. The number of hydrogen-bond acceptors (Lipinski definition) is 4. The minimum absolute atomic E-state index is 0.0434. The molecule has 0 amide bonds. The number of aromatic nitrogens is 2. The first-order valence-corrected chi connectivity index (χ1v) is 13.6. The molecular formula is C28H39N3O3. The third kappa shape index (κ3) is 5.07. The van der Waals surface area contributed by atoms with E-state index in [9.17, 15) is 14.7 Å². The zero-order chi connectivity index (χ0) is 23.5. The fourth-order valence-electron chi connectivity index (χ4n) is 6.77. The van der Waals surface area contributed by atoms with E-state index < -0.39 is 5.97 Å². The van der Waals surface area contributed by atoms with Crippen LogP contribution in [-0.2, 0) is 11.2 Å². The van der Waals surface area contributed by atoms with E-state index in [4.69, 9.17) is 4.98 Å². The molecule has 1 saturated heterocycles. The van der Waals surface area contributed by atoms with Gasteiger partial charge in [0.1, 0.15) is 5.69 Å². The van der Waals surface area contributed by atoms with Crippen LogP contribution in [0.1, 0.15) is 88.8 Å². The number of piperidine rings is 1. The van der Waals surface area contributed by atoms with Crippen molar-refractivity contribution >= 4 is 17.0 Å². The van der Waals surface area contributed by atoms with E-state index in [0.29, 0.717) is 31.0 Å². The highest BCUT2D eigenvalue weighted by Crippen LogP contribution is 2.34. The number of para-hydroxylation sites is 2. The Morgan fingerprint density at radius 3 is 2.32 bits per heavy atom. The first kappa shape index (κ1) is 23.5. The van der Waals surface area contributed by atoms with Crippen molar-refractivity contribution in [3.05, 3.63) is 40.3 Å². The lowest BCUT2D eigenvalue weighted by molar-refractivity contribution is -0.141. The highest BCUT2D eigenvalue weighted by atomic mass is 16.4. The molecule has 0 bridgehead atoms. The molecule has 5 rings (SSSR count). The highest BCUT2D eigenvalue weighted by molar-refractivity contribution is 5.75. The maximum Gasteiger partial charge on any atom is 0.306 e. The smallest absolute Gasteiger partial charge is 0.306 e. The molecule has 2 saturated carbocycles. The minimum atomic E-state index is -0.706. The van der Waals surface area contributed by atoms with Crippen LogP contribution in [0.3, 0.4) is 0 Å².